The third-order valence-corrected chi connectivity index (χ3v) is 3.97. The van der Waals surface area contributed by atoms with Gasteiger partial charge in [0.1, 0.15) is 18.3 Å². The van der Waals surface area contributed by atoms with Gasteiger partial charge in [-0.15, -0.1) is 0 Å². The minimum absolute atomic E-state index is 0.191. The maximum absolute atomic E-state index is 11.4. The number of aliphatic hydroxyl groups is 4. The van der Waals surface area contributed by atoms with E-state index in [9.17, 15) is 15.0 Å². The first-order valence-electron chi connectivity index (χ1n) is 8.71. The van der Waals surface area contributed by atoms with Crippen LogP contribution in [0, 0.1) is 0 Å². The SMILES string of the molecule is CCCCCCC(=O)C(O)C(O)C(O)CO.c1ccc2[nH]ccc2c1. The van der Waals surface area contributed by atoms with E-state index in [1.54, 1.807) is 0 Å². The van der Waals surface area contributed by atoms with Crippen LogP contribution in [0.2, 0.25) is 0 Å². The van der Waals surface area contributed by atoms with Crippen molar-refractivity contribution < 1.29 is 25.2 Å². The molecule has 0 radical (unpaired) electrons. The Bertz CT molecular complexity index is 582. The number of unbranched alkanes of at least 4 members (excludes halogenated alkanes) is 3. The fourth-order valence-corrected chi connectivity index (χ4v) is 2.38. The zero-order valence-electron chi connectivity index (χ0n) is 14.6. The number of carbonyl (C=O) groups excluding carboxylic acids is 1. The van der Waals surface area contributed by atoms with E-state index in [1.807, 2.05) is 18.3 Å². The van der Waals surface area contributed by atoms with Gasteiger partial charge < -0.3 is 25.4 Å². The van der Waals surface area contributed by atoms with Crippen LogP contribution in [-0.2, 0) is 4.79 Å². The summed E-state index contributed by atoms with van der Waals surface area (Å²) >= 11 is 0. The summed E-state index contributed by atoms with van der Waals surface area (Å²) in [5, 5.41) is 37.5. The molecule has 0 aliphatic carbocycles. The zero-order chi connectivity index (χ0) is 18.7. The van der Waals surface area contributed by atoms with Crippen LogP contribution in [-0.4, -0.2) is 56.1 Å². The number of rotatable bonds is 9. The van der Waals surface area contributed by atoms with Crippen LogP contribution in [0.15, 0.2) is 36.5 Å². The van der Waals surface area contributed by atoms with E-state index in [0.29, 0.717) is 6.42 Å². The number of aromatic amines is 1. The molecular weight excluding hydrogens is 322 g/mol. The quantitative estimate of drug-likeness (QED) is 0.442. The van der Waals surface area contributed by atoms with Gasteiger partial charge in [0.05, 0.1) is 6.61 Å². The van der Waals surface area contributed by atoms with Gasteiger partial charge in [-0.1, -0.05) is 44.4 Å². The summed E-state index contributed by atoms with van der Waals surface area (Å²) in [6.07, 6.45) is 1.12. The zero-order valence-corrected chi connectivity index (χ0v) is 14.6. The van der Waals surface area contributed by atoms with Crippen molar-refractivity contribution in [2.45, 2.75) is 57.3 Å². The van der Waals surface area contributed by atoms with Crippen molar-refractivity contribution >= 4 is 16.7 Å². The van der Waals surface area contributed by atoms with Crippen LogP contribution in [0.5, 0.6) is 0 Å². The molecule has 140 valence electrons. The molecule has 0 bridgehead atoms. The summed E-state index contributed by atoms with van der Waals surface area (Å²) in [5.41, 5.74) is 1.21. The highest BCUT2D eigenvalue weighted by atomic mass is 16.4. The number of hydrogen-bond donors (Lipinski definition) is 5. The molecule has 0 aliphatic rings. The van der Waals surface area contributed by atoms with E-state index in [4.69, 9.17) is 10.2 Å². The second-order valence-corrected chi connectivity index (χ2v) is 6.03. The van der Waals surface area contributed by atoms with Crippen LogP contribution >= 0.6 is 0 Å². The molecule has 1 heterocycles. The van der Waals surface area contributed by atoms with Gasteiger partial charge in [-0.25, -0.2) is 0 Å². The van der Waals surface area contributed by atoms with E-state index in [-0.39, 0.29) is 6.42 Å². The minimum atomic E-state index is -1.61. The average Bonchev–Trinajstić information content (AvgIpc) is 3.12. The number of carbonyl (C=O) groups is 1. The van der Waals surface area contributed by atoms with Crippen molar-refractivity contribution in [1.82, 2.24) is 4.98 Å². The van der Waals surface area contributed by atoms with Gasteiger partial charge in [0, 0.05) is 18.1 Å². The van der Waals surface area contributed by atoms with E-state index < -0.39 is 30.7 Å². The van der Waals surface area contributed by atoms with Crippen LogP contribution in [0.1, 0.15) is 39.0 Å². The fraction of sp³-hybridized carbons (Fsp3) is 0.526. The maximum Gasteiger partial charge on any atom is 0.164 e. The van der Waals surface area contributed by atoms with Crippen molar-refractivity contribution in [1.29, 1.82) is 0 Å². The topological polar surface area (TPSA) is 114 Å². The highest BCUT2D eigenvalue weighted by molar-refractivity contribution is 5.83. The van der Waals surface area contributed by atoms with Crippen LogP contribution in [0.4, 0.5) is 0 Å². The second kappa shape index (κ2) is 11.8. The van der Waals surface area contributed by atoms with Crippen molar-refractivity contribution in [2.75, 3.05) is 6.61 Å². The lowest BCUT2D eigenvalue weighted by molar-refractivity contribution is -0.140. The first kappa shape index (κ1) is 21.3. The third kappa shape index (κ3) is 7.36. The minimum Gasteiger partial charge on any atom is -0.394 e. The number of hydrogen-bond acceptors (Lipinski definition) is 5. The highest BCUT2D eigenvalue weighted by Crippen LogP contribution is 2.09. The Morgan fingerprint density at radius 1 is 1.08 bits per heavy atom. The number of aromatic nitrogens is 1. The molecule has 6 nitrogen and oxygen atoms in total. The molecule has 1 aromatic heterocycles. The summed E-state index contributed by atoms with van der Waals surface area (Å²) in [4.78, 5) is 14.5. The van der Waals surface area contributed by atoms with Crippen molar-refractivity contribution in [3.8, 4) is 0 Å². The third-order valence-electron chi connectivity index (χ3n) is 3.97. The predicted molar refractivity (Wildman–Crippen MR) is 97.2 cm³/mol. The number of fused-ring (bicyclic) bond motifs is 1. The number of Topliss-reactive ketones (excluding diaryl/α,β-unsaturated/α-hetero) is 1. The number of aliphatic hydroxyl groups excluding tert-OH is 4. The normalized spacial score (nSPS) is 14.4. The summed E-state index contributed by atoms with van der Waals surface area (Å²) in [6, 6.07) is 10.3. The molecule has 6 heteroatoms. The predicted octanol–water partition coefficient (Wildman–Crippen LogP) is 1.77. The van der Waals surface area contributed by atoms with Crippen molar-refractivity contribution in [3.05, 3.63) is 36.5 Å². The standard InChI is InChI=1S/C11H22O5.C8H7N/c1-2-3-4-5-6-8(13)10(15)11(16)9(14)7-12;1-2-4-8-7(3-1)5-6-9-8/h9-12,14-16H,2-7H2,1H3;1-6,9H. The Labute approximate surface area is 148 Å². The second-order valence-electron chi connectivity index (χ2n) is 6.03. The van der Waals surface area contributed by atoms with E-state index in [1.165, 1.54) is 10.9 Å². The van der Waals surface area contributed by atoms with E-state index >= 15 is 0 Å². The maximum atomic E-state index is 11.4. The van der Waals surface area contributed by atoms with Gasteiger partial charge in [0.2, 0.25) is 0 Å². The molecule has 0 saturated heterocycles. The largest absolute Gasteiger partial charge is 0.394 e. The number of ketones is 1. The summed E-state index contributed by atoms with van der Waals surface area (Å²) < 4.78 is 0. The average molecular weight is 351 g/mol. The molecular formula is C19H29NO5. The molecule has 25 heavy (non-hydrogen) atoms. The summed E-state index contributed by atoms with van der Waals surface area (Å²) in [6.45, 7) is 1.37. The number of para-hydroxylation sites is 1. The molecule has 2 rings (SSSR count). The first-order valence-corrected chi connectivity index (χ1v) is 8.71. The van der Waals surface area contributed by atoms with Gasteiger partial charge in [0.15, 0.2) is 5.78 Å². The first-order chi connectivity index (χ1) is 12.0. The molecule has 1 aromatic carbocycles. The smallest absolute Gasteiger partial charge is 0.164 e. The lowest BCUT2D eigenvalue weighted by Crippen LogP contribution is -2.43. The molecule has 0 aliphatic heterocycles. The molecule has 3 unspecified atom stereocenters. The van der Waals surface area contributed by atoms with Gasteiger partial charge in [-0.05, 0) is 23.9 Å². The number of benzene rings is 1. The Morgan fingerprint density at radius 2 is 1.80 bits per heavy atom. The Kier molecular flexibility index (Phi) is 10.0. The number of H-pyrrole nitrogens is 1. The Hall–Kier alpha value is -1.73. The van der Waals surface area contributed by atoms with Gasteiger partial charge in [-0.3, -0.25) is 4.79 Å². The van der Waals surface area contributed by atoms with E-state index in [2.05, 4.69) is 30.1 Å². The Morgan fingerprint density at radius 3 is 2.44 bits per heavy atom. The molecule has 3 atom stereocenters. The molecule has 0 saturated carbocycles. The molecule has 5 N–H and O–H groups in total. The highest BCUT2D eigenvalue weighted by Gasteiger charge is 2.29. The summed E-state index contributed by atoms with van der Waals surface area (Å²) in [5.74, 6) is -0.490. The van der Waals surface area contributed by atoms with Crippen molar-refractivity contribution in [3.63, 3.8) is 0 Å². The molecule has 0 fully saturated rings. The molecule has 0 spiro atoms. The number of nitrogens with one attached hydrogen (secondary N) is 1. The lowest BCUT2D eigenvalue weighted by atomic mass is 10.0. The monoisotopic (exact) mass is 351 g/mol. The fourth-order valence-electron chi connectivity index (χ4n) is 2.38. The Balaban J connectivity index is 0.000000286. The van der Waals surface area contributed by atoms with E-state index in [0.717, 1.165) is 19.3 Å². The summed E-state index contributed by atoms with van der Waals surface area (Å²) in [7, 11) is 0. The van der Waals surface area contributed by atoms with Gasteiger partial charge in [0.25, 0.3) is 0 Å². The van der Waals surface area contributed by atoms with Crippen LogP contribution in [0.3, 0.4) is 0 Å². The van der Waals surface area contributed by atoms with Gasteiger partial charge >= 0.3 is 0 Å². The molecule has 2 aromatic rings. The van der Waals surface area contributed by atoms with Crippen LogP contribution < -0.4 is 0 Å². The van der Waals surface area contributed by atoms with Gasteiger partial charge in [-0.2, -0.15) is 0 Å². The lowest BCUT2D eigenvalue weighted by Gasteiger charge is -2.20. The van der Waals surface area contributed by atoms with Crippen molar-refractivity contribution in [2.24, 2.45) is 0 Å². The molecule has 0 amide bonds. The van der Waals surface area contributed by atoms with Crippen LogP contribution in [0.25, 0.3) is 10.9 Å².